The van der Waals surface area contributed by atoms with E-state index in [1.54, 1.807) is 91.3 Å². The van der Waals surface area contributed by atoms with Gasteiger partial charge in [0.25, 0.3) is 5.91 Å². The molecule has 7 heterocycles. The summed E-state index contributed by atoms with van der Waals surface area (Å²) in [6.45, 7) is 2.31. The van der Waals surface area contributed by atoms with Crippen LogP contribution < -0.4 is 58.5 Å². The second kappa shape index (κ2) is 34.4. The van der Waals surface area contributed by atoms with E-state index in [1.807, 2.05) is 0 Å². The zero-order valence-corrected chi connectivity index (χ0v) is 57.6. The van der Waals surface area contributed by atoms with E-state index in [1.165, 1.54) is 32.0 Å². The Labute approximate surface area is 598 Å². The lowest BCUT2D eigenvalue weighted by molar-refractivity contribution is -0.143. The van der Waals surface area contributed by atoms with E-state index in [0.29, 0.717) is 55.0 Å². The summed E-state index contributed by atoms with van der Waals surface area (Å²) in [6, 6.07) is 4.05. The number of aliphatic carboxylic acids is 2. The van der Waals surface area contributed by atoms with Crippen LogP contribution in [-0.4, -0.2) is 217 Å². The molecule has 542 valence electrons. The first kappa shape index (κ1) is 74.5. The summed E-state index contributed by atoms with van der Waals surface area (Å²) in [5.41, 5.74) is 3.33. The van der Waals surface area contributed by atoms with Crippen LogP contribution >= 0.6 is 33.3 Å². The minimum absolute atomic E-state index is 0.0675. The maximum atomic E-state index is 15.6. The Morgan fingerprint density at radius 2 is 0.864 bits per heavy atom. The van der Waals surface area contributed by atoms with Gasteiger partial charge in [0.15, 0.2) is 5.37 Å². The van der Waals surface area contributed by atoms with Gasteiger partial charge in [0.2, 0.25) is 65.0 Å². The van der Waals surface area contributed by atoms with E-state index in [9.17, 15) is 43.8 Å². The number of thioether (sulfide) groups is 1. The molecule has 3 saturated heterocycles. The highest BCUT2D eigenvalue weighted by Crippen LogP contribution is 2.32. The van der Waals surface area contributed by atoms with Gasteiger partial charge in [-0.25, -0.2) is 9.97 Å². The summed E-state index contributed by atoms with van der Waals surface area (Å²) in [6.07, 6.45) is 5.17. The molecule has 3 aliphatic rings. The maximum absolute atomic E-state index is 15.6. The van der Waals surface area contributed by atoms with Gasteiger partial charge < -0.3 is 93.5 Å². The van der Waals surface area contributed by atoms with Gasteiger partial charge in [0.05, 0.1) is 42.8 Å². The first-order valence-electron chi connectivity index (χ1n) is 32.5. The van der Waals surface area contributed by atoms with Crippen LogP contribution in [0.4, 0.5) is 0 Å². The number of carboxylic acids is 2. The molecule has 0 spiro atoms. The molecule has 12 amide bonds. The van der Waals surface area contributed by atoms with Crippen molar-refractivity contribution in [3.05, 3.63) is 144 Å². The van der Waals surface area contributed by atoms with Crippen LogP contribution in [0.3, 0.4) is 0 Å². The summed E-state index contributed by atoms with van der Waals surface area (Å²) in [4.78, 5) is 224. The standard InChI is InChI=1S/C66H74N18O16S3/c1-32-54(89)75-45(18-36-24-70-42-15-9-7-13-40(36)42)62(97)83-65-66(100)84-31-101-28-51(84)64(99)81-47(20-38-26-68-30-72-38)60(95)77-43(16-34-10-4-3-5-11-34)57(92)79-46(19-37-25-67-29-71-37)59(94)78-44(17-35-23-69-41-14-8-6-12-39(35)41)58(93)82-50(27-102-103-65)63(98)74-33(2)55(90)76-49(22-53(87)88)61(96)80-48(21-52(85)86)56(91)73-32/h3-15,23-26,29-30,32-33,43-51,65,69-70H,16-22,27-28,31H2,1-2H3,(H,67,71)(H,68,72)(H,73,91)(H,74,98)(H,75,89)(H,76,90)(H,77,95)(H,78,94)(H,79,92)(H,80,96)(H,81,99)(H,82,93)(H,83,97)(H,85,86)(H,87,88)/t32-,33-,43+,44-,45-,46-,47-,48-,49-,50-,51-,65-/m0/s1. The van der Waals surface area contributed by atoms with Gasteiger partial charge in [0, 0.05) is 90.2 Å². The van der Waals surface area contributed by atoms with Gasteiger partial charge in [0.1, 0.15) is 66.5 Å². The van der Waals surface area contributed by atoms with Crippen molar-refractivity contribution >= 4 is 138 Å². The number of aromatic nitrogens is 6. The summed E-state index contributed by atoms with van der Waals surface area (Å²) < 4.78 is 0. The number of aromatic amines is 4. The molecule has 0 saturated carbocycles. The minimum Gasteiger partial charge on any atom is -0.481 e. The number of benzene rings is 3. The molecule has 2 bridgehead atoms. The molecule has 0 aliphatic carbocycles. The van der Waals surface area contributed by atoms with Crippen molar-refractivity contribution < 1.29 is 77.3 Å². The Morgan fingerprint density at radius 1 is 0.447 bits per heavy atom. The fourth-order valence-corrected chi connectivity index (χ4v) is 15.2. The van der Waals surface area contributed by atoms with E-state index in [4.69, 9.17) is 0 Å². The molecule has 4 aromatic heterocycles. The molecule has 12 atom stereocenters. The van der Waals surface area contributed by atoms with Gasteiger partial charge in [-0.1, -0.05) is 88.3 Å². The molecule has 34 nitrogen and oxygen atoms in total. The largest absolute Gasteiger partial charge is 0.481 e. The Hall–Kier alpha value is -11.2. The van der Waals surface area contributed by atoms with E-state index in [-0.39, 0.29) is 49.4 Å². The summed E-state index contributed by atoms with van der Waals surface area (Å²) in [5, 5.41) is 47.5. The van der Waals surface area contributed by atoms with Crippen molar-refractivity contribution in [1.82, 2.24) is 93.3 Å². The van der Waals surface area contributed by atoms with Crippen LogP contribution in [0.5, 0.6) is 0 Å². The summed E-state index contributed by atoms with van der Waals surface area (Å²) in [7, 11) is 1.36. The molecular weight excluding hydrogens is 1400 g/mol. The van der Waals surface area contributed by atoms with Crippen molar-refractivity contribution in [2.24, 2.45) is 0 Å². The van der Waals surface area contributed by atoms with E-state index in [2.05, 4.69) is 88.4 Å². The van der Waals surface area contributed by atoms with Crippen molar-refractivity contribution in [1.29, 1.82) is 0 Å². The number of hydrogen-bond donors (Lipinski definition) is 17. The first-order chi connectivity index (χ1) is 49.4. The number of rotatable bonds is 14. The van der Waals surface area contributed by atoms with Gasteiger partial charge in [-0.2, -0.15) is 0 Å². The normalized spacial score (nSPS) is 25.3. The molecule has 3 fully saturated rings. The number of carbonyl (C=O) groups excluding carboxylic acids is 12. The summed E-state index contributed by atoms with van der Waals surface area (Å²) in [5.74, 6) is -16.8. The van der Waals surface area contributed by atoms with Crippen LogP contribution in [0, 0.1) is 0 Å². The number of imidazole rings is 2. The number of hydrogen-bond acceptors (Lipinski definition) is 19. The second-order valence-electron chi connectivity index (χ2n) is 24.6. The highest BCUT2D eigenvalue weighted by atomic mass is 33.1. The Kier molecular flexibility index (Phi) is 24.9. The zero-order chi connectivity index (χ0) is 73.4. The molecule has 3 aromatic carbocycles. The average molecular weight is 1470 g/mol. The number of H-pyrrole nitrogens is 4. The Morgan fingerprint density at radius 3 is 1.38 bits per heavy atom. The monoisotopic (exact) mass is 1470 g/mol. The smallest absolute Gasteiger partial charge is 0.305 e. The van der Waals surface area contributed by atoms with Crippen LogP contribution in [0.15, 0.2) is 116 Å². The van der Waals surface area contributed by atoms with Crippen LogP contribution in [-0.2, 0) is 99.2 Å². The van der Waals surface area contributed by atoms with E-state index < -0.39 is 173 Å². The minimum atomic E-state index is -2.05. The lowest BCUT2D eigenvalue weighted by atomic mass is 10.0. The van der Waals surface area contributed by atoms with Gasteiger partial charge in [-0.3, -0.25) is 67.1 Å². The SMILES string of the molecule is C[C@@H]1NC(=O)[C@H](CC(=O)O)NC(=O)[C@H](CC(=O)O)NC(=O)[C@H](C)NC(=O)[C@@H]2CSS[C@H](NC(=O)[C@H](Cc3c[nH]c4ccccc34)NC1=O)C(=O)N1CSC[C@H]1C(=O)N[C@@H](Cc1c[nH]cn1)C(=O)N[C@H](Cc1ccccc1)C(=O)N[C@@H](Cc1c[nH]cn1)C(=O)N[C@@H](Cc1c[nH]c3ccccc13)C(=O)N2. The Balaban J connectivity index is 1.09. The third kappa shape index (κ3) is 19.7. The maximum Gasteiger partial charge on any atom is 0.305 e. The predicted molar refractivity (Wildman–Crippen MR) is 374 cm³/mol. The number of nitrogens with one attached hydrogen (secondary N) is 15. The van der Waals surface area contributed by atoms with Crippen LogP contribution in [0.2, 0.25) is 0 Å². The predicted octanol–water partition coefficient (Wildman–Crippen LogP) is -1.80. The van der Waals surface area contributed by atoms with Gasteiger partial charge in [-0.05, 0) is 42.7 Å². The fraction of sp³-hybridized carbons (Fsp3) is 0.364. The number of amides is 12. The average Bonchev–Trinajstić information content (AvgIpc) is 1.75. The van der Waals surface area contributed by atoms with Crippen molar-refractivity contribution in [2.45, 2.75) is 131 Å². The first-order valence-corrected chi connectivity index (χ1v) is 36.0. The third-order valence-corrected chi connectivity index (χ3v) is 20.6. The molecule has 10 rings (SSSR count). The molecule has 3 aliphatic heterocycles. The zero-order valence-electron chi connectivity index (χ0n) is 55.1. The van der Waals surface area contributed by atoms with E-state index in [0.717, 1.165) is 34.4 Å². The second-order valence-corrected chi connectivity index (χ2v) is 28.1. The van der Waals surface area contributed by atoms with Crippen molar-refractivity contribution in [3.8, 4) is 0 Å². The highest BCUT2D eigenvalue weighted by Gasteiger charge is 2.43. The fourth-order valence-electron chi connectivity index (χ4n) is 11.7. The quantitative estimate of drug-likeness (QED) is 0.0534. The molecule has 37 heteroatoms. The topological polar surface area (TPSA) is 504 Å². The van der Waals surface area contributed by atoms with E-state index >= 15 is 33.6 Å². The third-order valence-electron chi connectivity index (χ3n) is 17.1. The molecular formula is C66H74N18O16S3. The summed E-state index contributed by atoms with van der Waals surface area (Å²) >= 11 is 1.14. The number of fused-ring (bicyclic) bond motifs is 7. The van der Waals surface area contributed by atoms with Crippen LogP contribution in [0.25, 0.3) is 21.8 Å². The molecule has 0 radical (unpaired) electrons. The van der Waals surface area contributed by atoms with Crippen molar-refractivity contribution in [2.75, 3.05) is 17.4 Å². The Bertz CT molecular complexity index is 4310. The molecule has 103 heavy (non-hydrogen) atoms. The molecule has 0 unspecified atom stereocenters. The van der Waals surface area contributed by atoms with Gasteiger partial charge >= 0.3 is 11.9 Å². The number of para-hydroxylation sites is 2. The molecule has 17 N–H and O–H groups in total. The number of carbonyl (C=O) groups is 14. The van der Waals surface area contributed by atoms with Crippen molar-refractivity contribution in [3.63, 3.8) is 0 Å². The lowest BCUT2D eigenvalue weighted by Gasteiger charge is -2.31. The number of carboxylic acid groups (broad SMARTS) is 2. The molecule has 7 aromatic rings. The van der Waals surface area contributed by atoms with Crippen LogP contribution in [0.1, 0.15) is 54.8 Å². The highest BCUT2D eigenvalue weighted by molar-refractivity contribution is 8.77. The lowest BCUT2D eigenvalue weighted by Crippen LogP contribution is -2.62. The van der Waals surface area contributed by atoms with Gasteiger partial charge in [-0.15, -0.1) is 11.8 Å². The number of nitrogens with zero attached hydrogens (tertiary/aromatic N) is 3.